The Morgan fingerprint density at radius 2 is 2.18 bits per heavy atom. The number of nitrogens with zero attached hydrogens (tertiary/aromatic N) is 1. The molecule has 2 fully saturated rings. The SMILES string of the molecule is O=C(c1ccoc1Br)N1CCCC2CCCC21. The van der Waals surface area contributed by atoms with Crippen molar-refractivity contribution >= 4 is 21.8 Å². The van der Waals surface area contributed by atoms with E-state index in [-0.39, 0.29) is 5.91 Å². The van der Waals surface area contributed by atoms with Gasteiger partial charge in [-0.15, -0.1) is 0 Å². The smallest absolute Gasteiger partial charge is 0.258 e. The van der Waals surface area contributed by atoms with E-state index in [2.05, 4.69) is 20.8 Å². The number of hydrogen-bond acceptors (Lipinski definition) is 2. The van der Waals surface area contributed by atoms with E-state index in [1.54, 1.807) is 12.3 Å². The Labute approximate surface area is 109 Å². The zero-order chi connectivity index (χ0) is 11.8. The maximum absolute atomic E-state index is 12.5. The van der Waals surface area contributed by atoms with Gasteiger partial charge in [-0.25, -0.2) is 0 Å². The molecule has 0 spiro atoms. The lowest BCUT2D eigenvalue weighted by Gasteiger charge is -2.37. The Hall–Kier alpha value is -0.770. The Balaban J connectivity index is 1.83. The highest BCUT2D eigenvalue weighted by molar-refractivity contribution is 9.10. The highest BCUT2D eigenvalue weighted by atomic mass is 79.9. The number of rotatable bonds is 1. The number of amides is 1. The summed E-state index contributed by atoms with van der Waals surface area (Å²) >= 11 is 3.29. The molecule has 1 aliphatic carbocycles. The van der Waals surface area contributed by atoms with E-state index < -0.39 is 0 Å². The van der Waals surface area contributed by atoms with Crippen molar-refractivity contribution in [3.8, 4) is 0 Å². The topological polar surface area (TPSA) is 33.5 Å². The van der Waals surface area contributed by atoms with Crippen LogP contribution in [0.5, 0.6) is 0 Å². The third-order valence-electron chi connectivity index (χ3n) is 4.10. The Morgan fingerprint density at radius 1 is 1.35 bits per heavy atom. The van der Waals surface area contributed by atoms with Crippen LogP contribution in [0.3, 0.4) is 0 Å². The van der Waals surface area contributed by atoms with Gasteiger partial charge < -0.3 is 9.32 Å². The van der Waals surface area contributed by atoms with Gasteiger partial charge in [-0.1, -0.05) is 6.42 Å². The lowest BCUT2D eigenvalue weighted by molar-refractivity contribution is 0.0546. The highest BCUT2D eigenvalue weighted by Crippen LogP contribution is 2.37. The van der Waals surface area contributed by atoms with E-state index in [1.807, 2.05) is 0 Å². The van der Waals surface area contributed by atoms with Gasteiger partial charge in [-0.05, 0) is 53.6 Å². The van der Waals surface area contributed by atoms with Crippen LogP contribution in [0.1, 0.15) is 42.5 Å². The van der Waals surface area contributed by atoms with Crippen LogP contribution in [-0.2, 0) is 0 Å². The average molecular weight is 298 g/mol. The lowest BCUT2D eigenvalue weighted by atomic mass is 9.91. The van der Waals surface area contributed by atoms with Crippen molar-refractivity contribution in [3.05, 3.63) is 22.6 Å². The van der Waals surface area contributed by atoms with Crippen molar-refractivity contribution in [3.63, 3.8) is 0 Å². The Kier molecular flexibility index (Phi) is 2.99. The van der Waals surface area contributed by atoms with Gasteiger partial charge in [0.15, 0.2) is 4.67 Å². The number of hydrogen-bond donors (Lipinski definition) is 0. The molecule has 1 saturated heterocycles. The molecule has 3 nitrogen and oxygen atoms in total. The highest BCUT2D eigenvalue weighted by Gasteiger charge is 2.38. The molecular weight excluding hydrogens is 282 g/mol. The van der Waals surface area contributed by atoms with Gasteiger partial charge in [0.05, 0.1) is 11.8 Å². The van der Waals surface area contributed by atoms with E-state index in [1.165, 1.54) is 25.7 Å². The predicted octanol–water partition coefficient (Wildman–Crippen LogP) is 3.45. The molecule has 1 aromatic heterocycles. The van der Waals surface area contributed by atoms with Crippen molar-refractivity contribution in [1.82, 2.24) is 4.90 Å². The van der Waals surface area contributed by atoms with Gasteiger partial charge in [0.1, 0.15) is 0 Å². The van der Waals surface area contributed by atoms with Crippen molar-refractivity contribution < 1.29 is 9.21 Å². The molecule has 0 bridgehead atoms. The van der Waals surface area contributed by atoms with Crippen LogP contribution in [0.2, 0.25) is 0 Å². The maximum atomic E-state index is 12.5. The van der Waals surface area contributed by atoms with E-state index >= 15 is 0 Å². The summed E-state index contributed by atoms with van der Waals surface area (Å²) in [5.74, 6) is 0.862. The fourth-order valence-electron chi connectivity index (χ4n) is 3.31. The van der Waals surface area contributed by atoms with E-state index in [9.17, 15) is 4.79 Å². The van der Waals surface area contributed by atoms with Crippen molar-refractivity contribution in [2.45, 2.75) is 38.1 Å². The monoisotopic (exact) mass is 297 g/mol. The number of fused-ring (bicyclic) bond motifs is 1. The van der Waals surface area contributed by atoms with Crippen LogP contribution < -0.4 is 0 Å². The Morgan fingerprint density at radius 3 is 2.94 bits per heavy atom. The van der Waals surface area contributed by atoms with Gasteiger partial charge in [-0.3, -0.25) is 4.79 Å². The van der Waals surface area contributed by atoms with Crippen LogP contribution in [0.15, 0.2) is 21.4 Å². The lowest BCUT2D eigenvalue weighted by Crippen LogP contribution is -2.46. The fourth-order valence-corrected chi connectivity index (χ4v) is 3.72. The minimum absolute atomic E-state index is 0.127. The second-order valence-electron chi connectivity index (χ2n) is 5.01. The van der Waals surface area contributed by atoms with Crippen molar-refractivity contribution in [2.24, 2.45) is 5.92 Å². The maximum Gasteiger partial charge on any atom is 0.258 e. The van der Waals surface area contributed by atoms with Crippen molar-refractivity contribution in [1.29, 1.82) is 0 Å². The van der Waals surface area contributed by atoms with Crippen molar-refractivity contribution in [2.75, 3.05) is 6.54 Å². The molecule has 1 saturated carbocycles. The summed E-state index contributed by atoms with van der Waals surface area (Å²) in [5.41, 5.74) is 0.664. The summed E-state index contributed by atoms with van der Waals surface area (Å²) in [6.07, 6.45) is 7.73. The van der Waals surface area contributed by atoms with Gasteiger partial charge in [-0.2, -0.15) is 0 Å². The quantitative estimate of drug-likeness (QED) is 0.795. The normalized spacial score (nSPS) is 28.2. The molecule has 2 unspecified atom stereocenters. The number of halogens is 1. The van der Waals surface area contributed by atoms with Crippen LogP contribution in [0.25, 0.3) is 0 Å². The van der Waals surface area contributed by atoms with Crippen LogP contribution in [0.4, 0.5) is 0 Å². The molecule has 0 N–H and O–H groups in total. The molecular formula is C13H16BrNO2. The molecule has 2 aliphatic rings. The first-order valence-electron chi connectivity index (χ1n) is 6.31. The van der Waals surface area contributed by atoms with E-state index in [0.717, 1.165) is 18.9 Å². The average Bonchev–Trinajstić information content (AvgIpc) is 2.95. The number of piperidine rings is 1. The minimum atomic E-state index is 0.127. The molecule has 1 amide bonds. The summed E-state index contributed by atoms with van der Waals surface area (Å²) in [6.45, 7) is 0.900. The third-order valence-corrected chi connectivity index (χ3v) is 4.72. The zero-order valence-electron chi connectivity index (χ0n) is 9.69. The van der Waals surface area contributed by atoms with Crippen LogP contribution >= 0.6 is 15.9 Å². The third kappa shape index (κ3) is 1.92. The molecule has 17 heavy (non-hydrogen) atoms. The zero-order valence-corrected chi connectivity index (χ0v) is 11.3. The number of carbonyl (C=O) groups is 1. The first-order valence-corrected chi connectivity index (χ1v) is 7.10. The molecule has 0 aromatic carbocycles. The molecule has 2 heterocycles. The summed E-state index contributed by atoms with van der Waals surface area (Å²) in [4.78, 5) is 14.5. The van der Waals surface area contributed by atoms with Crippen LogP contribution in [0, 0.1) is 5.92 Å². The Bertz CT molecular complexity index is 429. The predicted molar refractivity (Wildman–Crippen MR) is 67.8 cm³/mol. The van der Waals surface area contributed by atoms with Gasteiger partial charge in [0.25, 0.3) is 5.91 Å². The molecule has 1 aliphatic heterocycles. The summed E-state index contributed by atoms with van der Waals surface area (Å²) in [6, 6.07) is 2.23. The molecule has 1 aromatic rings. The summed E-state index contributed by atoms with van der Waals surface area (Å²) in [5, 5.41) is 0. The van der Waals surface area contributed by atoms with Gasteiger partial charge >= 0.3 is 0 Å². The van der Waals surface area contributed by atoms with Gasteiger partial charge in [0, 0.05) is 12.6 Å². The second kappa shape index (κ2) is 4.48. The molecule has 0 radical (unpaired) electrons. The fraction of sp³-hybridized carbons (Fsp3) is 0.615. The van der Waals surface area contributed by atoms with E-state index in [0.29, 0.717) is 16.3 Å². The first kappa shape index (κ1) is 11.3. The van der Waals surface area contributed by atoms with Gasteiger partial charge in [0.2, 0.25) is 0 Å². The molecule has 3 rings (SSSR count). The van der Waals surface area contributed by atoms with E-state index in [4.69, 9.17) is 4.42 Å². The number of likely N-dealkylation sites (tertiary alicyclic amines) is 1. The van der Waals surface area contributed by atoms with Crippen LogP contribution in [-0.4, -0.2) is 23.4 Å². The largest absolute Gasteiger partial charge is 0.457 e. The number of furan rings is 1. The summed E-state index contributed by atoms with van der Waals surface area (Å²) < 4.78 is 5.71. The summed E-state index contributed by atoms with van der Waals surface area (Å²) in [7, 11) is 0. The minimum Gasteiger partial charge on any atom is -0.457 e. The molecule has 2 atom stereocenters. The molecule has 92 valence electrons. The first-order chi connectivity index (χ1) is 8.27. The number of carbonyl (C=O) groups excluding carboxylic acids is 1. The standard InChI is InChI=1S/C13H16BrNO2/c14-12-10(6-8-17-12)13(16)15-7-2-4-9-3-1-5-11(9)15/h6,8-9,11H,1-5,7H2. The second-order valence-corrected chi connectivity index (χ2v) is 5.73. The molecule has 4 heteroatoms.